The number of hydrogen-bond acceptors (Lipinski definition) is 4. The molecule has 3 heterocycles. The van der Waals surface area contributed by atoms with E-state index in [1.165, 1.54) is 24.3 Å². The minimum atomic E-state index is 0.0582. The van der Waals surface area contributed by atoms with Gasteiger partial charge < -0.3 is 15.0 Å². The summed E-state index contributed by atoms with van der Waals surface area (Å²) in [6.07, 6.45) is 1.21. The van der Waals surface area contributed by atoms with Gasteiger partial charge in [-0.2, -0.15) is 0 Å². The van der Waals surface area contributed by atoms with Crippen molar-refractivity contribution in [3.8, 4) is 16.2 Å². The second-order valence-electron chi connectivity index (χ2n) is 6.28. The van der Waals surface area contributed by atoms with Gasteiger partial charge in [0.05, 0.1) is 12.0 Å². The number of methoxy groups -OCH3 is 1. The van der Waals surface area contributed by atoms with Crippen LogP contribution in [0.4, 0.5) is 0 Å². The van der Waals surface area contributed by atoms with Crippen LogP contribution in [0.2, 0.25) is 0 Å². The first-order valence-electron chi connectivity index (χ1n) is 8.00. The molecule has 2 aliphatic heterocycles. The molecule has 2 bridgehead atoms. The molecule has 2 saturated heterocycles. The number of rotatable bonds is 4. The van der Waals surface area contributed by atoms with Crippen molar-refractivity contribution in [2.45, 2.75) is 12.5 Å². The number of amides is 1. The van der Waals surface area contributed by atoms with Gasteiger partial charge in [0, 0.05) is 24.0 Å². The molecule has 2 unspecified atom stereocenters. The number of nitrogens with one attached hydrogen (secondary N) is 1. The average Bonchev–Trinajstić information content (AvgIpc) is 3.31. The fourth-order valence-electron chi connectivity index (χ4n) is 3.58. The minimum absolute atomic E-state index is 0.0582. The van der Waals surface area contributed by atoms with Crippen LogP contribution in [0.5, 0.6) is 5.75 Å². The maximum Gasteiger partial charge on any atom is 0.261 e. The molecule has 4 nitrogen and oxygen atoms in total. The highest BCUT2D eigenvalue weighted by Crippen LogP contribution is 2.31. The maximum atomic E-state index is 12.5. The van der Waals surface area contributed by atoms with Crippen molar-refractivity contribution in [1.29, 1.82) is 0 Å². The van der Waals surface area contributed by atoms with E-state index in [0.717, 1.165) is 34.2 Å². The van der Waals surface area contributed by atoms with Crippen molar-refractivity contribution in [2.75, 3.05) is 26.7 Å². The second kappa shape index (κ2) is 5.98. The molecular weight excluding hydrogens is 308 g/mol. The van der Waals surface area contributed by atoms with E-state index in [1.54, 1.807) is 7.11 Å². The van der Waals surface area contributed by atoms with Crippen LogP contribution in [0.1, 0.15) is 16.1 Å². The van der Waals surface area contributed by atoms with Crippen LogP contribution in [-0.2, 0) is 0 Å². The van der Waals surface area contributed by atoms with E-state index in [9.17, 15) is 4.79 Å². The molecule has 2 aromatic rings. The number of ether oxygens (including phenoxy) is 1. The van der Waals surface area contributed by atoms with Crippen molar-refractivity contribution in [1.82, 2.24) is 10.2 Å². The Kier molecular flexibility index (Phi) is 3.83. The van der Waals surface area contributed by atoms with E-state index < -0.39 is 0 Å². The number of fused-ring (bicyclic) bond motifs is 2. The van der Waals surface area contributed by atoms with Crippen molar-refractivity contribution in [3.05, 3.63) is 41.3 Å². The van der Waals surface area contributed by atoms with Gasteiger partial charge in [-0.15, -0.1) is 11.3 Å². The van der Waals surface area contributed by atoms with Crippen molar-refractivity contribution in [2.24, 2.45) is 5.92 Å². The fraction of sp³-hybridized carbons (Fsp3) is 0.389. The average molecular weight is 328 g/mol. The third-order valence-electron chi connectivity index (χ3n) is 4.83. The van der Waals surface area contributed by atoms with Crippen LogP contribution in [0.3, 0.4) is 0 Å². The lowest BCUT2D eigenvalue weighted by atomic mass is 10.00. The van der Waals surface area contributed by atoms with E-state index in [4.69, 9.17) is 4.74 Å². The molecular formula is C18H20N2O2S. The highest BCUT2D eigenvalue weighted by atomic mass is 32.1. The van der Waals surface area contributed by atoms with Gasteiger partial charge in [0.1, 0.15) is 5.75 Å². The zero-order valence-corrected chi connectivity index (χ0v) is 13.9. The number of carbonyl (C=O) groups is 1. The second-order valence-corrected chi connectivity index (χ2v) is 7.37. The number of nitrogens with zero attached hydrogens (tertiary/aromatic N) is 1. The Hall–Kier alpha value is -1.85. The molecule has 0 aliphatic carbocycles. The van der Waals surface area contributed by atoms with Crippen LogP contribution >= 0.6 is 11.3 Å². The number of thiophene rings is 1. The first kappa shape index (κ1) is 14.7. The molecule has 5 heteroatoms. The summed E-state index contributed by atoms with van der Waals surface area (Å²) >= 11 is 1.54. The summed E-state index contributed by atoms with van der Waals surface area (Å²) < 4.78 is 5.27. The Balaban J connectivity index is 1.47. The normalized spacial score (nSPS) is 25.5. The molecule has 0 radical (unpaired) electrons. The lowest BCUT2D eigenvalue weighted by Crippen LogP contribution is -2.42. The van der Waals surface area contributed by atoms with E-state index in [-0.39, 0.29) is 5.91 Å². The van der Waals surface area contributed by atoms with Crippen molar-refractivity contribution >= 4 is 17.2 Å². The predicted molar refractivity (Wildman–Crippen MR) is 92.1 cm³/mol. The summed E-state index contributed by atoms with van der Waals surface area (Å²) in [5.74, 6) is 1.53. The molecule has 2 aliphatic rings. The maximum absolute atomic E-state index is 12.5. The Morgan fingerprint density at radius 2 is 2.22 bits per heavy atom. The molecule has 0 saturated carbocycles. The molecule has 4 rings (SSSR count). The summed E-state index contributed by atoms with van der Waals surface area (Å²) in [6, 6.07) is 12.2. The third-order valence-corrected chi connectivity index (χ3v) is 5.97. The first-order valence-corrected chi connectivity index (χ1v) is 8.82. The van der Waals surface area contributed by atoms with Gasteiger partial charge in [0.15, 0.2) is 0 Å². The number of benzene rings is 1. The van der Waals surface area contributed by atoms with Crippen LogP contribution in [-0.4, -0.2) is 43.6 Å². The van der Waals surface area contributed by atoms with E-state index in [0.29, 0.717) is 12.0 Å². The van der Waals surface area contributed by atoms with Gasteiger partial charge in [-0.1, -0.05) is 12.1 Å². The van der Waals surface area contributed by atoms with E-state index >= 15 is 0 Å². The molecule has 2 fully saturated rings. The Bertz CT molecular complexity index is 727. The largest absolute Gasteiger partial charge is 0.497 e. The van der Waals surface area contributed by atoms with Crippen molar-refractivity contribution < 1.29 is 9.53 Å². The van der Waals surface area contributed by atoms with E-state index in [2.05, 4.69) is 10.2 Å². The predicted octanol–water partition coefficient (Wildman–Crippen LogP) is 2.86. The summed E-state index contributed by atoms with van der Waals surface area (Å²) in [7, 11) is 1.66. The number of piperidine rings is 1. The van der Waals surface area contributed by atoms with Gasteiger partial charge >= 0.3 is 0 Å². The smallest absolute Gasteiger partial charge is 0.261 e. The fourth-order valence-corrected chi connectivity index (χ4v) is 4.48. The van der Waals surface area contributed by atoms with Gasteiger partial charge in [0.25, 0.3) is 5.91 Å². The molecule has 1 amide bonds. The summed E-state index contributed by atoms with van der Waals surface area (Å²) in [5.41, 5.74) is 1.08. The highest BCUT2D eigenvalue weighted by molar-refractivity contribution is 7.17. The van der Waals surface area contributed by atoms with E-state index in [1.807, 2.05) is 36.4 Å². The SMILES string of the molecule is COc1cccc(-c2ccc(C(=O)NC3CN4CC[C@H]3C4)s2)c1. The zero-order valence-electron chi connectivity index (χ0n) is 13.1. The molecule has 120 valence electrons. The summed E-state index contributed by atoms with van der Waals surface area (Å²) in [4.78, 5) is 16.8. The molecule has 1 N–H and O–H groups in total. The monoisotopic (exact) mass is 328 g/mol. The van der Waals surface area contributed by atoms with Crippen LogP contribution in [0.15, 0.2) is 36.4 Å². The lowest BCUT2D eigenvalue weighted by Gasteiger charge is -2.22. The Labute approximate surface area is 140 Å². The van der Waals surface area contributed by atoms with Gasteiger partial charge in [0.2, 0.25) is 0 Å². The highest BCUT2D eigenvalue weighted by Gasteiger charge is 2.38. The summed E-state index contributed by atoms with van der Waals surface area (Å²) in [6.45, 7) is 3.34. The zero-order chi connectivity index (χ0) is 15.8. The van der Waals surface area contributed by atoms with Gasteiger partial charge in [-0.25, -0.2) is 0 Å². The minimum Gasteiger partial charge on any atom is -0.497 e. The van der Waals surface area contributed by atoms with Gasteiger partial charge in [-0.05, 0) is 48.7 Å². The van der Waals surface area contributed by atoms with Crippen LogP contribution < -0.4 is 10.1 Å². The Morgan fingerprint density at radius 3 is 2.96 bits per heavy atom. The molecule has 1 aromatic heterocycles. The third kappa shape index (κ3) is 2.86. The topological polar surface area (TPSA) is 41.6 Å². The molecule has 3 atom stereocenters. The lowest BCUT2D eigenvalue weighted by molar-refractivity contribution is 0.0928. The standard InChI is InChI=1S/C18H20N2O2S/c1-22-14-4-2-3-12(9-14)16-5-6-17(23-16)18(21)19-15-11-20-8-7-13(15)10-20/h2-6,9,13,15H,7-8,10-11H2,1H3,(H,19,21)/t13-,15?/m0/s1. The number of hydrogen-bond donors (Lipinski definition) is 1. The van der Waals surface area contributed by atoms with Crippen molar-refractivity contribution in [3.63, 3.8) is 0 Å². The Morgan fingerprint density at radius 1 is 1.30 bits per heavy atom. The molecule has 23 heavy (non-hydrogen) atoms. The number of carbonyl (C=O) groups excluding carboxylic acids is 1. The molecule has 0 spiro atoms. The molecule has 1 aromatic carbocycles. The van der Waals surface area contributed by atoms with Crippen LogP contribution in [0, 0.1) is 5.92 Å². The van der Waals surface area contributed by atoms with Gasteiger partial charge in [-0.3, -0.25) is 4.79 Å². The first-order chi connectivity index (χ1) is 11.2. The quantitative estimate of drug-likeness (QED) is 0.938. The summed E-state index contributed by atoms with van der Waals surface area (Å²) in [5, 5.41) is 3.22. The van der Waals surface area contributed by atoms with Crippen LogP contribution in [0.25, 0.3) is 10.4 Å².